The van der Waals surface area contributed by atoms with E-state index in [0.29, 0.717) is 11.5 Å². The third kappa shape index (κ3) is 3.37. The summed E-state index contributed by atoms with van der Waals surface area (Å²) in [5.74, 6) is 1.36. The highest BCUT2D eigenvalue weighted by molar-refractivity contribution is 7.10. The van der Waals surface area contributed by atoms with Gasteiger partial charge in [-0.15, -0.1) is 11.3 Å². The molecular weight excluding hydrogens is 358 g/mol. The molecular formula is C21H19N3O2S. The summed E-state index contributed by atoms with van der Waals surface area (Å²) in [5.41, 5.74) is 9.06. The maximum atomic E-state index is 6.44. The van der Waals surface area contributed by atoms with Gasteiger partial charge in [-0.1, -0.05) is 24.3 Å². The van der Waals surface area contributed by atoms with E-state index < -0.39 is 0 Å². The Balaban J connectivity index is 1.65. The zero-order chi connectivity index (χ0) is 18.8. The number of ether oxygens (including phenoxy) is 2. The van der Waals surface area contributed by atoms with E-state index in [1.807, 2.05) is 54.0 Å². The number of rotatable bonds is 5. The zero-order valence-corrected chi connectivity index (χ0v) is 15.9. The molecule has 0 bridgehead atoms. The average Bonchev–Trinajstić information content (AvgIpc) is 3.22. The lowest BCUT2D eigenvalue weighted by atomic mass is 10.1. The van der Waals surface area contributed by atoms with Crippen molar-refractivity contribution in [3.05, 3.63) is 70.8 Å². The molecule has 0 spiro atoms. The van der Waals surface area contributed by atoms with Crippen LogP contribution < -0.4 is 15.2 Å². The molecule has 0 aliphatic carbocycles. The van der Waals surface area contributed by atoms with Crippen LogP contribution in [0.15, 0.2) is 60.1 Å². The third-order valence-electron chi connectivity index (χ3n) is 4.44. The predicted octanol–water partition coefficient (Wildman–Crippen LogP) is 4.42. The summed E-state index contributed by atoms with van der Waals surface area (Å²) in [6.45, 7) is 0. The summed E-state index contributed by atoms with van der Waals surface area (Å²) in [6, 6.07) is 15.5. The van der Waals surface area contributed by atoms with Crippen LogP contribution in [0.25, 0.3) is 22.0 Å². The minimum atomic E-state index is -0.367. The standard InChI is InChI=1S/C21H19N3O2S/c1-25-18-8-7-14(10-19(18)26-2)17-12-27-21(24-17)20(22)16-9-13-5-3-4-6-15(13)11-23-16/h3-12,20H,22H2,1-2H3. The molecule has 0 aliphatic heterocycles. The first-order chi connectivity index (χ1) is 13.2. The Hall–Kier alpha value is -2.96. The quantitative estimate of drug-likeness (QED) is 0.557. The molecule has 5 nitrogen and oxygen atoms in total. The summed E-state index contributed by atoms with van der Waals surface area (Å²) < 4.78 is 10.7. The Morgan fingerprint density at radius 2 is 1.74 bits per heavy atom. The minimum Gasteiger partial charge on any atom is -0.493 e. The molecule has 0 saturated heterocycles. The SMILES string of the molecule is COc1ccc(-c2csc(C(N)c3cc4ccccc4cn3)n2)cc1OC. The van der Waals surface area contributed by atoms with Crippen molar-refractivity contribution in [3.63, 3.8) is 0 Å². The lowest BCUT2D eigenvalue weighted by Crippen LogP contribution is -2.13. The van der Waals surface area contributed by atoms with Gasteiger partial charge in [0.25, 0.3) is 0 Å². The molecule has 0 saturated carbocycles. The summed E-state index contributed by atoms with van der Waals surface area (Å²) in [6.07, 6.45) is 1.85. The van der Waals surface area contributed by atoms with E-state index in [0.717, 1.165) is 32.7 Å². The van der Waals surface area contributed by atoms with Gasteiger partial charge in [-0.25, -0.2) is 4.98 Å². The van der Waals surface area contributed by atoms with Gasteiger partial charge >= 0.3 is 0 Å². The fourth-order valence-corrected chi connectivity index (χ4v) is 3.80. The average molecular weight is 377 g/mol. The number of fused-ring (bicyclic) bond motifs is 1. The van der Waals surface area contributed by atoms with Crippen molar-refractivity contribution in [3.8, 4) is 22.8 Å². The van der Waals surface area contributed by atoms with Crippen molar-refractivity contribution in [1.82, 2.24) is 9.97 Å². The molecule has 2 aromatic heterocycles. The number of aromatic nitrogens is 2. The second kappa shape index (κ2) is 7.34. The van der Waals surface area contributed by atoms with Crippen LogP contribution in [0.1, 0.15) is 16.7 Å². The predicted molar refractivity (Wildman–Crippen MR) is 108 cm³/mol. The number of nitrogens with zero attached hydrogens (tertiary/aromatic N) is 2. The number of nitrogens with two attached hydrogens (primary N) is 1. The molecule has 2 aromatic carbocycles. The third-order valence-corrected chi connectivity index (χ3v) is 5.37. The first kappa shape index (κ1) is 17.5. The first-order valence-electron chi connectivity index (χ1n) is 8.47. The smallest absolute Gasteiger partial charge is 0.161 e. The number of thiazole rings is 1. The van der Waals surface area contributed by atoms with Gasteiger partial charge in [0.15, 0.2) is 11.5 Å². The Bertz CT molecular complexity index is 1090. The molecule has 0 amide bonds. The van der Waals surface area contributed by atoms with Gasteiger partial charge in [0, 0.05) is 22.5 Å². The number of benzene rings is 2. The Kier molecular flexibility index (Phi) is 4.75. The van der Waals surface area contributed by atoms with Gasteiger partial charge in [0.05, 0.1) is 31.6 Å². The van der Waals surface area contributed by atoms with E-state index in [1.165, 1.54) is 11.3 Å². The van der Waals surface area contributed by atoms with Gasteiger partial charge in [-0.2, -0.15) is 0 Å². The van der Waals surface area contributed by atoms with Crippen LogP contribution in [0.5, 0.6) is 11.5 Å². The van der Waals surface area contributed by atoms with E-state index in [4.69, 9.17) is 20.2 Å². The van der Waals surface area contributed by atoms with Crippen LogP contribution >= 0.6 is 11.3 Å². The van der Waals surface area contributed by atoms with Crippen LogP contribution in [0.3, 0.4) is 0 Å². The van der Waals surface area contributed by atoms with Crippen LogP contribution in [-0.2, 0) is 0 Å². The highest BCUT2D eigenvalue weighted by Crippen LogP contribution is 2.34. The van der Waals surface area contributed by atoms with Crippen molar-refractivity contribution in [2.24, 2.45) is 5.73 Å². The monoisotopic (exact) mass is 377 g/mol. The van der Waals surface area contributed by atoms with Gasteiger partial charge < -0.3 is 15.2 Å². The minimum absolute atomic E-state index is 0.367. The lowest BCUT2D eigenvalue weighted by Gasteiger charge is -2.09. The van der Waals surface area contributed by atoms with Crippen LogP contribution in [-0.4, -0.2) is 24.2 Å². The van der Waals surface area contributed by atoms with Crippen molar-refractivity contribution >= 4 is 22.1 Å². The van der Waals surface area contributed by atoms with Gasteiger partial charge in [0.2, 0.25) is 0 Å². The molecule has 4 aromatic rings. The largest absolute Gasteiger partial charge is 0.493 e. The summed E-state index contributed by atoms with van der Waals surface area (Å²) in [5, 5.41) is 5.04. The second-order valence-corrected chi connectivity index (χ2v) is 6.96. The molecule has 0 fully saturated rings. The molecule has 0 aliphatic rings. The first-order valence-corrected chi connectivity index (χ1v) is 9.35. The van der Waals surface area contributed by atoms with E-state index in [1.54, 1.807) is 14.2 Å². The molecule has 0 radical (unpaired) electrons. The molecule has 6 heteroatoms. The molecule has 27 heavy (non-hydrogen) atoms. The molecule has 2 N–H and O–H groups in total. The lowest BCUT2D eigenvalue weighted by molar-refractivity contribution is 0.355. The number of hydrogen-bond acceptors (Lipinski definition) is 6. The summed E-state index contributed by atoms with van der Waals surface area (Å²) >= 11 is 1.53. The van der Waals surface area contributed by atoms with E-state index in [2.05, 4.69) is 11.1 Å². The highest BCUT2D eigenvalue weighted by atomic mass is 32.1. The Morgan fingerprint density at radius 1 is 0.963 bits per heavy atom. The van der Waals surface area contributed by atoms with Crippen molar-refractivity contribution in [1.29, 1.82) is 0 Å². The van der Waals surface area contributed by atoms with Crippen molar-refractivity contribution in [2.75, 3.05) is 14.2 Å². The maximum Gasteiger partial charge on any atom is 0.161 e. The number of methoxy groups -OCH3 is 2. The molecule has 136 valence electrons. The van der Waals surface area contributed by atoms with Crippen molar-refractivity contribution < 1.29 is 9.47 Å². The van der Waals surface area contributed by atoms with Gasteiger partial charge in [-0.3, -0.25) is 4.98 Å². The molecule has 1 atom stereocenters. The van der Waals surface area contributed by atoms with E-state index in [9.17, 15) is 0 Å². The van der Waals surface area contributed by atoms with E-state index in [-0.39, 0.29) is 6.04 Å². The van der Waals surface area contributed by atoms with Crippen LogP contribution in [0, 0.1) is 0 Å². The zero-order valence-electron chi connectivity index (χ0n) is 15.0. The highest BCUT2D eigenvalue weighted by Gasteiger charge is 2.16. The summed E-state index contributed by atoms with van der Waals surface area (Å²) in [7, 11) is 3.24. The van der Waals surface area contributed by atoms with E-state index >= 15 is 0 Å². The Labute approximate surface area is 161 Å². The van der Waals surface area contributed by atoms with Crippen LogP contribution in [0.2, 0.25) is 0 Å². The Morgan fingerprint density at radius 3 is 2.52 bits per heavy atom. The maximum absolute atomic E-state index is 6.44. The second-order valence-electron chi connectivity index (χ2n) is 6.07. The van der Waals surface area contributed by atoms with Crippen LogP contribution in [0.4, 0.5) is 0 Å². The van der Waals surface area contributed by atoms with Gasteiger partial charge in [-0.05, 0) is 29.7 Å². The number of hydrogen-bond donors (Lipinski definition) is 1. The fraction of sp³-hybridized carbons (Fsp3) is 0.143. The molecule has 1 unspecified atom stereocenters. The topological polar surface area (TPSA) is 70.3 Å². The number of pyridine rings is 1. The summed E-state index contributed by atoms with van der Waals surface area (Å²) in [4.78, 5) is 9.25. The normalized spacial score (nSPS) is 12.1. The molecule has 2 heterocycles. The van der Waals surface area contributed by atoms with Crippen molar-refractivity contribution in [2.45, 2.75) is 6.04 Å². The van der Waals surface area contributed by atoms with Gasteiger partial charge in [0.1, 0.15) is 5.01 Å². The fourth-order valence-electron chi connectivity index (χ4n) is 2.96. The molecule has 4 rings (SSSR count).